The third-order valence-electron chi connectivity index (χ3n) is 9.34. The quantitative estimate of drug-likeness (QED) is 0.498. The molecule has 4 rings (SSSR count). The molecule has 4 aliphatic carbocycles. The Kier molecular flexibility index (Phi) is 6.13. The van der Waals surface area contributed by atoms with Gasteiger partial charge in [-0.05, 0) is 55.6 Å². The molecule has 0 aromatic rings. The number of carboxylic acids is 1. The summed E-state index contributed by atoms with van der Waals surface area (Å²) < 4.78 is 4.98. The molecule has 0 radical (unpaired) electrons. The first-order valence-electron chi connectivity index (χ1n) is 12.1. The fourth-order valence-electron chi connectivity index (χ4n) is 7.76. The molecule has 34 heavy (non-hydrogen) atoms. The molecule has 4 aliphatic rings. The van der Waals surface area contributed by atoms with E-state index in [1.807, 2.05) is 13.0 Å². The van der Waals surface area contributed by atoms with E-state index in [0.717, 1.165) is 12.0 Å². The number of allylic oxidation sites excluding steroid dienone is 4. The number of ketones is 2. The van der Waals surface area contributed by atoms with E-state index in [1.165, 1.54) is 0 Å². The predicted octanol–water partition coefficient (Wildman–Crippen LogP) is 2.22. The smallest absolute Gasteiger partial charge is 0.306 e. The second-order valence-corrected chi connectivity index (χ2v) is 11.1. The van der Waals surface area contributed by atoms with Gasteiger partial charge in [-0.3, -0.25) is 19.2 Å². The van der Waals surface area contributed by atoms with Crippen LogP contribution in [-0.2, 0) is 23.9 Å². The van der Waals surface area contributed by atoms with Gasteiger partial charge in [-0.1, -0.05) is 32.4 Å². The largest absolute Gasteiger partial charge is 0.481 e. The topological polar surface area (TPSA) is 138 Å². The van der Waals surface area contributed by atoms with Crippen molar-refractivity contribution >= 4 is 23.5 Å². The number of carbonyl (C=O) groups excluding carboxylic acids is 3. The molecule has 0 aliphatic heterocycles. The lowest BCUT2D eigenvalue weighted by Gasteiger charge is -2.60. The highest BCUT2D eigenvalue weighted by molar-refractivity contribution is 6.01. The first-order chi connectivity index (χ1) is 15.8. The molecule has 0 saturated heterocycles. The molecule has 186 valence electrons. The number of esters is 1. The van der Waals surface area contributed by atoms with Crippen LogP contribution in [0.15, 0.2) is 23.8 Å². The summed E-state index contributed by atoms with van der Waals surface area (Å²) in [5.74, 6) is -2.51. The van der Waals surface area contributed by atoms with Crippen LogP contribution in [0.1, 0.15) is 59.3 Å². The highest BCUT2D eigenvalue weighted by Gasteiger charge is 2.68. The van der Waals surface area contributed by atoms with Gasteiger partial charge >= 0.3 is 11.9 Å². The van der Waals surface area contributed by atoms with Crippen LogP contribution in [0.5, 0.6) is 0 Å². The molecule has 0 heterocycles. The minimum atomic E-state index is -1.74. The number of carboxylic acid groups (broad SMARTS) is 1. The summed E-state index contributed by atoms with van der Waals surface area (Å²) in [6.45, 7) is 5.40. The van der Waals surface area contributed by atoms with Crippen LogP contribution in [-0.4, -0.2) is 57.1 Å². The number of Topliss-reactive ketones (excluding diaryl/α,β-unsaturated/α-hetero) is 1. The number of rotatable bonds is 6. The first kappa shape index (κ1) is 24.8. The molecule has 0 aromatic carbocycles. The maximum Gasteiger partial charge on any atom is 0.306 e. The van der Waals surface area contributed by atoms with Crippen molar-refractivity contribution in [2.45, 2.75) is 71.0 Å². The van der Waals surface area contributed by atoms with E-state index in [0.29, 0.717) is 6.42 Å². The van der Waals surface area contributed by atoms with E-state index in [2.05, 4.69) is 13.8 Å². The number of hydrogen-bond donors (Lipinski definition) is 3. The maximum atomic E-state index is 13.1. The van der Waals surface area contributed by atoms with Crippen LogP contribution >= 0.6 is 0 Å². The number of aliphatic carboxylic acids is 1. The Morgan fingerprint density at radius 2 is 1.91 bits per heavy atom. The van der Waals surface area contributed by atoms with Gasteiger partial charge in [0.05, 0.1) is 18.9 Å². The summed E-state index contributed by atoms with van der Waals surface area (Å²) in [6, 6.07) is 0. The average molecular weight is 475 g/mol. The zero-order valence-corrected chi connectivity index (χ0v) is 20.0. The van der Waals surface area contributed by atoms with Crippen molar-refractivity contribution in [1.82, 2.24) is 0 Å². The summed E-state index contributed by atoms with van der Waals surface area (Å²) >= 11 is 0. The lowest BCUT2D eigenvalue weighted by molar-refractivity contribution is -0.182. The van der Waals surface area contributed by atoms with Gasteiger partial charge in [-0.25, -0.2) is 0 Å². The lowest BCUT2D eigenvalue weighted by Crippen LogP contribution is -2.62. The fraction of sp³-hybridized carbons (Fsp3) is 0.692. The van der Waals surface area contributed by atoms with E-state index in [9.17, 15) is 29.4 Å². The molecule has 0 aromatic heterocycles. The van der Waals surface area contributed by atoms with Crippen LogP contribution in [0.4, 0.5) is 0 Å². The van der Waals surface area contributed by atoms with Crippen molar-refractivity contribution in [3.8, 4) is 0 Å². The van der Waals surface area contributed by atoms with Gasteiger partial charge in [0, 0.05) is 16.7 Å². The second kappa shape index (κ2) is 8.41. The third kappa shape index (κ3) is 3.66. The molecule has 0 spiro atoms. The summed E-state index contributed by atoms with van der Waals surface area (Å²) in [6.07, 6.45) is 5.52. The Hall–Kier alpha value is -2.32. The Morgan fingerprint density at radius 3 is 2.59 bits per heavy atom. The summed E-state index contributed by atoms with van der Waals surface area (Å²) in [5, 5.41) is 31.7. The Morgan fingerprint density at radius 1 is 1.21 bits per heavy atom. The van der Waals surface area contributed by atoms with E-state index in [4.69, 9.17) is 9.84 Å². The summed E-state index contributed by atoms with van der Waals surface area (Å²) in [4.78, 5) is 47.7. The average Bonchev–Trinajstić information content (AvgIpc) is 3.03. The number of ether oxygens (including phenoxy) is 1. The highest BCUT2D eigenvalue weighted by Crippen LogP contribution is 2.67. The molecule has 3 N–H and O–H groups in total. The minimum Gasteiger partial charge on any atom is -0.481 e. The van der Waals surface area contributed by atoms with Crippen molar-refractivity contribution in [3.05, 3.63) is 23.8 Å². The molecule has 0 bridgehead atoms. The van der Waals surface area contributed by atoms with Crippen molar-refractivity contribution < 1.29 is 39.2 Å². The zero-order chi connectivity index (χ0) is 25.1. The first-order valence-corrected chi connectivity index (χ1v) is 12.1. The molecular formula is C26H34O8. The van der Waals surface area contributed by atoms with Gasteiger partial charge < -0.3 is 20.1 Å². The monoisotopic (exact) mass is 474 g/mol. The summed E-state index contributed by atoms with van der Waals surface area (Å²) in [5.41, 5.74) is -2.04. The number of fused-ring (bicyclic) bond motifs is 5. The van der Waals surface area contributed by atoms with Gasteiger partial charge in [0.15, 0.2) is 12.4 Å². The molecule has 6 unspecified atom stereocenters. The van der Waals surface area contributed by atoms with E-state index in [-0.39, 0.29) is 55.1 Å². The summed E-state index contributed by atoms with van der Waals surface area (Å²) in [7, 11) is 0. The number of aliphatic hydroxyl groups is 2. The Labute approximate surface area is 199 Å². The van der Waals surface area contributed by atoms with E-state index < -0.39 is 46.9 Å². The van der Waals surface area contributed by atoms with Crippen molar-refractivity contribution in [2.24, 2.45) is 34.5 Å². The van der Waals surface area contributed by atoms with Gasteiger partial charge in [-0.15, -0.1) is 0 Å². The molecular weight excluding hydrogens is 440 g/mol. The normalized spacial score (nSPS) is 42.8. The third-order valence-corrected chi connectivity index (χ3v) is 9.34. The Bertz CT molecular complexity index is 981. The molecule has 3 fully saturated rings. The van der Waals surface area contributed by atoms with E-state index in [1.54, 1.807) is 12.2 Å². The maximum absolute atomic E-state index is 13.1. The standard InChI is InChI=1S/C26H34O8/c1-14-10-16-17-7-9-26(33,20(29)13-34-22(32)5-4-21(30)31)25(17,3)12-19(28)23(16)24(2)8-6-15(27)11-18(14)24/h6,8,11,14,16-17,19,23,28,33H,4-5,7,9-10,12-13H2,1-3H3,(H,30,31)/t14-,16?,17?,19?,23?,24?,25?,26-/m0/s1. The van der Waals surface area contributed by atoms with Crippen molar-refractivity contribution in [2.75, 3.05) is 6.61 Å². The predicted molar refractivity (Wildman–Crippen MR) is 120 cm³/mol. The number of aliphatic hydroxyl groups excluding tert-OH is 1. The van der Waals surface area contributed by atoms with Crippen LogP contribution in [0.3, 0.4) is 0 Å². The van der Waals surface area contributed by atoms with Crippen LogP contribution < -0.4 is 0 Å². The lowest BCUT2D eigenvalue weighted by atomic mass is 9.45. The van der Waals surface area contributed by atoms with Gasteiger partial charge in [0.1, 0.15) is 5.60 Å². The number of carbonyl (C=O) groups is 4. The molecule has 0 amide bonds. The highest BCUT2D eigenvalue weighted by atomic mass is 16.5. The van der Waals surface area contributed by atoms with Crippen LogP contribution in [0, 0.1) is 34.5 Å². The molecule has 8 heteroatoms. The molecule has 3 saturated carbocycles. The van der Waals surface area contributed by atoms with Crippen molar-refractivity contribution in [1.29, 1.82) is 0 Å². The SMILES string of the molecule is C[C@H]1CC2C(C(O)CC3(C)C2CC[C@]3(O)C(=O)COC(=O)CCC(=O)O)C2(C)C=CC(=O)C=C12. The number of hydrogen-bond acceptors (Lipinski definition) is 7. The van der Waals surface area contributed by atoms with Crippen LogP contribution in [0.25, 0.3) is 0 Å². The Balaban J connectivity index is 1.56. The fourth-order valence-corrected chi connectivity index (χ4v) is 7.76. The van der Waals surface area contributed by atoms with Gasteiger partial charge in [-0.2, -0.15) is 0 Å². The van der Waals surface area contributed by atoms with Gasteiger partial charge in [0.25, 0.3) is 0 Å². The van der Waals surface area contributed by atoms with Gasteiger partial charge in [0.2, 0.25) is 5.78 Å². The molecule has 8 atom stereocenters. The zero-order valence-electron chi connectivity index (χ0n) is 20.0. The van der Waals surface area contributed by atoms with Crippen molar-refractivity contribution in [3.63, 3.8) is 0 Å². The van der Waals surface area contributed by atoms with Crippen LogP contribution in [0.2, 0.25) is 0 Å². The molecule has 8 nitrogen and oxygen atoms in total. The van der Waals surface area contributed by atoms with E-state index >= 15 is 0 Å². The minimum absolute atomic E-state index is 0.00980. The second-order valence-electron chi connectivity index (χ2n) is 11.1.